The van der Waals surface area contributed by atoms with Crippen molar-refractivity contribution in [3.63, 3.8) is 0 Å². The molecule has 1 aromatic carbocycles. The van der Waals surface area contributed by atoms with E-state index in [1.54, 1.807) is 18.0 Å². The molecule has 1 N–H and O–H groups in total. The second-order valence-corrected chi connectivity index (χ2v) is 6.26. The Morgan fingerprint density at radius 2 is 2.33 bits per heavy atom. The Hall–Kier alpha value is -1.74. The van der Waals surface area contributed by atoms with Crippen LogP contribution >= 0.6 is 11.6 Å². The smallest absolute Gasteiger partial charge is 0.317 e. The molecule has 1 fully saturated rings. The van der Waals surface area contributed by atoms with Crippen LogP contribution in [-0.4, -0.2) is 71.7 Å². The molecule has 0 bridgehead atoms. The van der Waals surface area contributed by atoms with Crippen LogP contribution in [0.25, 0.3) is 0 Å². The minimum absolute atomic E-state index is 0.0288. The second kappa shape index (κ2) is 8.39. The number of aliphatic carboxylic acids is 1. The highest BCUT2D eigenvalue weighted by Gasteiger charge is 2.23. The van der Waals surface area contributed by atoms with E-state index in [0.29, 0.717) is 31.3 Å². The van der Waals surface area contributed by atoms with Gasteiger partial charge in [-0.25, -0.2) is 0 Å². The zero-order valence-electron chi connectivity index (χ0n) is 13.4. The first kappa shape index (κ1) is 18.6. The number of nitrogens with zero attached hydrogens (tertiary/aromatic N) is 3. The van der Waals surface area contributed by atoms with Gasteiger partial charge in [0.1, 0.15) is 0 Å². The van der Waals surface area contributed by atoms with Gasteiger partial charge in [0.05, 0.1) is 29.2 Å². The fourth-order valence-electron chi connectivity index (χ4n) is 2.70. The van der Waals surface area contributed by atoms with Crippen LogP contribution in [0.2, 0.25) is 5.02 Å². The average Bonchev–Trinajstić information content (AvgIpc) is 2.48. The normalized spacial score (nSPS) is 18.7. The van der Waals surface area contributed by atoms with Crippen molar-refractivity contribution in [1.29, 1.82) is 0 Å². The Bertz CT molecular complexity index is 613. The fourth-order valence-corrected chi connectivity index (χ4v) is 2.93. The van der Waals surface area contributed by atoms with Crippen molar-refractivity contribution in [2.45, 2.75) is 12.6 Å². The summed E-state index contributed by atoms with van der Waals surface area (Å²) < 4.78 is 5.68. The second-order valence-electron chi connectivity index (χ2n) is 5.85. The third kappa shape index (κ3) is 5.41. The highest BCUT2D eigenvalue weighted by molar-refractivity contribution is 6.31. The highest BCUT2D eigenvalue weighted by Crippen LogP contribution is 2.24. The minimum Gasteiger partial charge on any atom is -0.480 e. The van der Waals surface area contributed by atoms with Gasteiger partial charge in [-0.3, -0.25) is 24.7 Å². The summed E-state index contributed by atoms with van der Waals surface area (Å²) in [5.74, 6) is -0.872. The van der Waals surface area contributed by atoms with Crippen LogP contribution in [0.4, 0.5) is 5.69 Å². The molecule has 0 aliphatic carbocycles. The van der Waals surface area contributed by atoms with Crippen molar-refractivity contribution >= 4 is 23.3 Å². The summed E-state index contributed by atoms with van der Waals surface area (Å²) in [6.07, 6.45) is -0.0834. The molecule has 132 valence electrons. The molecule has 1 heterocycles. The summed E-state index contributed by atoms with van der Waals surface area (Å²) >= 11 is 6.13. The Labute approximate surface area is 144 Å². The Morgan fingerprint density at radius 1 is 1.58 bits per heavy atom. The van der Waals surface area contributed by atoms with E-state index < -0.39 is 10.9 Å². The Balaban J connectivity index is 1.93. The Morgan fingerprint density at radius 3 is 2.96 bits per heavy atom. The van der Waals surface area contributed by atoms with Crippen LogP contribution in [0, 0.1) is 10.1 Å². The third-order valence-corrected chi connectivity index (χ3v) is 4.14. The van der Waals surface area contributed by atoms with E-state index in [-0.39, 0.29) is 18.3 Å². The van der Waals surface area contributed by atoms with E-state index in [1.165, 1.54) is 12.1 Å². The van der Waals surface area contributed by atoms with Gasteiger partial charge in [-0.1, -0.05) is 11.6 Å². The van der Waals surface area contributed by atoms with Gasteiger partial charge in [0.2, 0.25) is 0 Å². The molecule has 2 rings (SSSR count). The van der Waals surface area contributed by atoms with Gasteiger partial charge >= 0.3 is 5.97 Å². The van der Waals surface area contributed by atoms with Crippen molar-refractivity contribution in [2.24, 2.45) is 0 Å². The number of ether oxygens (including phenoxy) is 1. The standard InChI is InChI=1S/C15H20ClN3O5/c1-17(10-15(20)21)8-13-9-18(4-5-24-13)7-11-2-3-12(19(22)23)6-14(11)16/h2-3,6,13H,4-5,7-10H2,1H3,(H,20,21). The van der Waals surface area contributed by atoms with Crippen LogP contribution in [0.1, 0.15) is 5.56 Å². The summed E-state index contributed by atoms with van der Waals surface area (Å²) in [6.45, 7) is 2.99. The van der Waals surface area contributed by atoms with Gasteiger partial charge in [0.25, 0.3) is 5.69 Å². The van der Waals surface area contributed by atoms with Crippen molar-refractivity contribution in [3.05, 3.63) is 38.9 Å². The molecular formula is C15H20ClN3O5. The number of non-ortho nitro benzene ring substituents is 1. The van der Waals surface area contributed by atoms with Gasteiger partial charge in [0, 0.05) is 38.3 Å². The van der Waals surface area contributed by atoms with Gasteiger partial charge in [-0.2, -0.15) is 0 Å². The largest absolute Gasteiger partial charge is 0.480 e. The fraction of sp³-hybridized carbons (Fsp3) is 0.533. The van der Waals surface area contributed by atoms with E-state index >= 15 is 0 Å². The molecule has 9 heteroatoms. The number of morpholine rings is 1. The molecular weight excluding hydrogens is 338 g/mol. The number of rotatable bonds is 7. The van der Waals surface area contributed by atoms with Crippen LogP contribution < -0.4 is 0 Å². The first-order chi connectivity index (χ1) is 11.3. The summed E-state index contributed by atoms with van der Waals surface area (Å²) in [4.78, 5) is 24.8. The summed E-state index contributed by atoms with van der Waals surface area (Å²) in [5.41, 5.74) is 0.792. The monoisotopic (exact) mass is 357 g/mol. The molecule has 0 aromatic heterocycles. The number of carboxylic acid groups (broad SMARTS) is 1. The van der Waals surface area contributed by atoms with E-state index in [2.05, 4.69) is 4.90 Å². The predicted octanol–water partition coefficient (Wildman–Crippen LogP) is 1.47. The topological polar surface area (TPSA) is 96.2 Å². The maximum atomic E-state index is 10.8. The number of benzene rings is 1. The predicted molar refractivity (Wildman–Crippen MR) is 88.3 cm³/mol. The molecule has 8 nitrogen and oxygen atoms in total. The van der Waals surface area contributed by atoms with Crippen LogP contribution in [0.15, 0.2) is 18.2 Å². The number of nitro benzene ring substituents is 1. The molecule has 1 unspecified atom stereocenters. The maximum Gasteiger partial charge on any atom is 0.317 e. The van der Waals surface area contributed by atoms with Gasteiger partial charge in [-0.05, 0) is 18.7 Å². The molecule has 0 radical (unpaired) electrons. The maximum absolute atomic E-state index is 10.8. The van der Waals surface area contributed by atoms with E-state index in [0.717, 1.165) is 12.1 Å². The van der Waals surface area contributed by atoms with Gasteiger partial charge < -0.3 is 9.84 Å². The van der Waals surface area contributed by atoms with Gasteiger partial charge in [0.15, 0.2) is 0 Å². The number of halogens is 1. The first-order valence-corrected chi connectivity index (χ1v) is 7.90. The average molecular weight is 358 g/mol. The van der Waals surface area contributed by atoms with Crippen molar-refractivity contribution in [1.82, 2.24) is 9.80 Å². The van der Waals surface area contributed by atoms with Crippen LogP contribution in [0.3, 0.4) is 0 Å². The molecule has 0 saturated carbocycles. The molecule has 1 saturated heterocycles. The van der Waals surface area contributed by atoms with Crippen molar-refractivity contribution < 1.29 is 19.6 Å². The highest BCUT2D eigenvalue weighted by atomic mass is 35.5. The van der Waals surface area contributed by atoms with E-state index in [4.69, 9.17) is 21.4 Å². The Kier molecular flexibility index (Phi) is 6.50. The summed E-state index contributed by atoms with van der Waals surface area (Å²) in [6, 6.07) is 4.47. The molecule has 1 aromatic rings. The quantitative estimate of drug-likeness (QED) is 0.583. The molecule has 1 aliphatic heterocycles. The van der Waals surface area contributed by atoms with Crippen LogP contribution in [-0.2, 0) is 16.1 Å². The number of nitro groups is 1. The number of hydrogen-bond acceptors (Lipinski definition) is 6. The molecule has 0 amide bonds. The third-order valence-electron chi connectivity index (χ3n) is 3.78. The molecule has 1 aliphatic rings. The minimum atomic E-state index is -0.872. The zero-order chi connectivity index (χ0) is 17.7. The number of carbonyl (C=O) groups is 1. The summed E-state index contributed by atoms with van der Waals surface area (Å²) in [7, 11) is 1.74. The zero-order valence-corrected chi connectivity index (χ0v) is 14.1. The molecule has 0 spiro atoms. The van der Waals surface area contributed by atoms with Crippen molar-refractivity contribution in [2.75, 3.05) is 39.8 Å². The van der Waals surface area contributed by atoms with Gasteiger partial charge in [-0.15, -0.1) is 0 Å². The van der Waals surface area contributed by atoms with Crippen LogP contribution in [0.5, 0.6) is 0 Å². The lowest BCUT2D eigenvalue weighted by Gasteiger charge is -2.34. The van der Waals surface area contributed by atoms with E-state index in [9.17, 15) is 14.9 Å². The number of hydrogen-bond donors (Lipinski definition) is 1. The lowest BCUT2D eigenvalue weighted by Crippen LogP contribution is -2.47. The molecule has 24 heavy (non-hydrogen) atoms. The lowest BCUT2D eigenvalue weighted by molar-refractivity contribution is -0.384. The SMILES string of the molecule is CN(CC(=O)O)CC1CN(Cc2ccc([N+](=O)[O-])cc2Cl)CCO1. The lowest BCUT2D eigenvalue weighted by atomic mass is 10.1. The first-order valence-electron chi connectivity index (χ1n) is 7.52. The molecule has 1 atom stereocenters. The number of likely N-dealkylation sites (N-methyl/N-ethyl adjacent to an activating group) is 1. The number of carboxylic acids is 1. The van der Waals surface area contributed by atoms with Crippen molar-refractivity contribution in [3.8, 4) is 0 Å². The summed E-state index contributed by atoms with van der Waals surface area (Å²) in [5, 5.41) is 19.9. The van der Waals surface area contributed by atoms with E-state index in [1.807, 2.05) is 0 Å².